The van der Waals surface area contributed by atoms with Crippen LogP contribution in [0.5, 0.6) is 0 Å². The molecule has 0 fully saturated rings. The highest BCUT2D eigenvalue weighted by Crippen LogP contribution is 2.20. The fourth-order valence-corrected chi connectivity index (χ4v) is 2.40. The number of rotatable bonds is 3. The number of nitrogens with zero attached hydrogens (tertiary/aromatic N) is 2. The van der Waals surface area contributed by atoms with E-state index in [0.717, 1.165) is 11.0 Å². The lowest BCUT2D eigenvalue weighted by Gasteiger charge is -2.22. The highest BCUT2D eigenvalue weighted by Gasteiger charge is 2.26. The number of benzene rings is 1. The lowest BCUT2D eigenvalue weighted by Crippen LogP contribution is -2.34. The Hall–Kier alpha value is -2.04. The molecule has 0 amide bonds. The van der Waals surface area contributed by atoms with Crippen LogP contribution in [0.1, 0.15) is 40.7 Å². The van der Waals surface area contributed by atoms with Crippen LogP contribution in [-0.4, -0.2) is 20.7 Å². The number of esters is 1. The van der Waals surface area contributed by atoms with Gasteiger partial charge in [-0.1, -0.05) is 12.1 Å². The third-order valence-electron chi connectivity index (χ3n) is 3.32. The number of ether oxygens (including phenoxy) is 1. The van der Waals surface area contributed by atoms with E-state index in [1.807, 2.05) is 52.0 Å². The number of hydrogen-bond donors (Lipinski definition) is 0. The van der Waals surface area contributed by atoms with Crippen molar-refractivity contribution in [2.24, 2.45) is 0 Å². The number of aryl methyl sites for hydroxylation is 1. The molecule has 1 unspecified atom stereocenters. The Morgan fingerprint density at radius 3 is 2.33 bits per heavy atom. The number of carbonyl (C=O) groups is 1. The van der Waals surface area contributed by atoms with Crippen molar-refractivity contribution in [1.82, 2.24) is 9.13 Å². The van der Waals surface area contributed by atoms with Crippen molar-refractivity contribution in [2.75, 3.05) is 0 Å². The Balaban J connectivity index is 2.54. The molecule has 114 valence electrons. The van der Waals surface area contributed by atoms with Crippen molar-refractivity contribution in [3.05, 3.63) is 34.7 Å². The van der Waals surface area contributed by atoms with Gasteiger partial charge in [0.25, 0.3) is 0 Å². The molecule has 0 aliphatic carbocycles. The van der Waals surface area contributed by atoms with E-state index in [9.17, 15) is 9.59 Å². The van der Waals surface area contributed by atoms with Crippen LogP contribution in [0.2, 0.25) is 0 Å². The minimum Gasteiger partial charge on any atom is -0.458 e. The number of carbonyl (C=O) groups excluding carboxylic acids is 1. The van der Waals surface area contributed by atoms with Gasteiger partial charge in [-0.05, 0) is 46.8 Å². The molecule has 0 aliphatic heterocycles. The second-order valence-electron chi connectivity index (χ2n) is 6.09. The molecule has 1 aromatic carbocycles. The highest BCUT2D eigenvalue weighted by atomic mass is 16.6. The molecule has 2 rings (SSSR count). The molecule has 1 heterocycles. The van der Waals surface area contributed by atoms with Crippen LogP contribution in [0.4, 0.5) is 0 Å². The molecule has 5 heteroatoms. The molecule has 5 nitrogen and oxygen atoms in total. The molecule has 0 saturated heterocycles. The largest absolute Gasteiger partial charge is 0.458 e. The number of aromatic nitrogens is 2. The molecule has 0 N–H and O–H groups in total. The van der Waals surface area contributed by atoms with Crippen molar-refractivity contribution in [3.8, 4) is 0 Å². The van der Waals surface area contributed by atoms with E-state index in [1.165, 1.54) is 4.57 Å². The van der Waals surface area contributed by atoms with Gasteiger partial charge in [-0.25, -0.2) is 9.59 Å². The topological polar surface area (TPSA) is 53.2 Å². The smallest absolute Gasteiger partial charge is 0.329 e. The van der Waals surface area contributed by atoms with Crippen molar-refractivity contribution in [2.45, 2.75) is 52.8 Å². The van der Waals surface area contributed by atoms with Crippen LogP contribution in [0.15, 0.2) is 29.1 Å². The van der Waals surface area contributed by atoms with Gasteiger partial charge in [0.1, 0.15) is 11.6 Å². The van der Waals surface area contributed by atoms with Gasteiger partial charge in [-0.15, -0.1) is 0 Å². The fourth-order valence-electron chi connectivity index (χ4n) is 2.40. The van der Waals surface area contributed by atoms with E-state index in [0.29, 0.717) is 6.54 Å². The first kappa shape index (κ1) is 15.4. The second-order valence-corrected chi connectivity index (χ2v) is 6.09. The van der Waals surface area contributed by atoms with Gasteiger partial charge in [-0.2, -0.15) is 0 Å². The van der Waals surface area contributed by atoms with Crippen molar-refractivity contribution < 1.29 is 9.53 Å². The predicted molar refractivity (Wildman–Crippen MR) is 82.4 cm³/mol. The van der Waals surface area contributed by atoms with Gasteiger partial charge in [0.05, 0.1) is 11.0 Å². The molecule has 1 atom stereocenters. The van der Waals surface area contributed by atoms with Crippen LogP contribution in [0.3, 0.4) is 0 Å². The maximum Gasteiger partial charge on any atom is 0.329 e. The zero-order valence-corrected chi connectivity index (χ0v) is 13.2. The summed E-state index contributed by atoms with van der Waals surface area (Å²) in [5.41, 5.74) is 0.832. The standard InChI is InChI=1S/C16H22N2O3/c1-6-17-12-9-7-8-10-13(12)18(15(17)20)11(2)14(19)21-16(3,4)5/h7-11H,6H2,1-5H3. The van der Waals surface area contributed by atoms with Gasteiger partial charge < -0.3 is 4.74 Å². The monoisotopic (exact) mass is 290 g/mol. The van der Waals surface area contributed by atoms with E-state index >= 15 is 0 Å². The maximum absolute atomic E-state index is 12.5. The van der Waals surface area contributed by atoms with Crippen LogP contribution in [0.25, 0.3) is 11.0 Å². The third-order valence-corrected chi connectivity index (χ3v) is 3.32. The summed E-state index contributed by atoms with van der Waals surface area (Å²) >= 11 is 0. The van der Waals surface area contributed by atoms with Gasteiger partial charge in [0.15, 0.2) is 0 Å². The Kier molecular flexibility index (Phi) is 3.94. The Bertz CT molecular complexity index is 719. The highest BCUT2D eigenvalue weighted by molar-refractivity contribution is 5.81. The second kappa shape index (κ2) is 5.39. The van der Waals surface area contributed by atoms with Crippen LogP contribution >= 0.6 is 0 Å². The summed E-state index contributed by atoms with van der Waals surface area (Å²) in [6.45, 7) is 9.62. The Labute approximate surface area is 124 Å². The number of hydrogen-bond acceptors (Lipinski definition) is 3. The SMILES string of the molecule is CCn1c(=O)n(C(C)C(=O)OC(C)(C)C)c2ccccc21. The average molecular weight is 290 g/mol. The summed E-state index contributed by atoms with van der Waals surface area (Å²) in [5, 5.41) is 0. The normalized spacial score (nSPS) is 13.4. The molecule has 21 heavy (non-hydrogen) atoms. The van der Waals surface area contributed by atoms with Crippen LogP contribution in [-0.2, 0) is 16.1 Å². The van der Waals surface area contributed by atoms with Crippen molar-refractivity contribution in [1.29, 1.82) is 0 Å². The van der Waals surface area contributed by atoms with E-state index in [2.05, 4.69) is 0 Å². The molecular formula is C16H22N2O3. The zero-order chi connectivity index (χ0) is 15.8. The first-order valence-electron chi connectivity index (χ1n) is 7.19. The zero-order valence-electron chi connectivity index (χ0n) is 13.2. The van der Waals surface area contributed by atoms with Crippen molar-refractivity contribution >= 4 is 17.0 Å². The fraction of sp³-hybridized carbons (Fsp3) is 0.500. The van der Waals surface area contributed by atoms with E-state index < -0.39 is 17.6 Å². The summed E-state index contributed by atoms with van der Waals surface area (Å²) in [6, 6.07) is 6.83. The van der Waals surface area contributed by atoms with Crippen LogP contribution < -0.4 is 5.69 Å². The van der Waals surface area contributed by atoms with Gasteiger partial charge in [0.2, 0.25) is 0 Å². The lowest BCUT2D eigenvalue weighted by atomic mass is 10.2. The molecule has 0 radical (unpaired) electrons. The number of para-hydroxylation sites is 2. The third kappa shape index (κ3) is 2.86. The molecule has 0 saturated carbocycles. The quantitative estimate of drug-likeness (QED) is 0.817. The molecule has 0 aliphatic rings. The first-order chi connectivity index (χ1) is 9.76. The Morgan fingerprint density at radius 2 is 1.81 bits per heavy atom. The number of fused-ring (bicyclic) bond motifs is 1. The summed E-state index contributed by atoms with van der Waals surface area (Å²) in [5.74, 6) is -0.399. The summed E-state index contributed by atoms with van der Waals surface area (Å²) in [7, 11) is 0. The molecule has 0 bridgehead atoms. The first-order valence-corrected chi connectivity index (χ1v) is 7.19. The van der Waals surface area contributed by atoms with E-state index in [-0.39, 0.29) is 5.69 Å². The van der Waals surface area contributed by atoms with Gasteiger partial charge >= 0.3 is 11.7 Å². The van der Waals surface area contributed by atoms with Gasteiger partial charge in [-0.3, -0.25) is 9.13 Å². The number of imidazole rings is 1. The van der Waals surface area contributed by atoms with Crippen LogP contribution in [0, 0.1) is 0 Å². The maximum atomic E-state index is 12.5. The summed E-state index contributed by atoms with van der Waals surface area (Å²) < 4.78 is 8.56. The molecular weight excluding hydrogens is 268 g/mol. The molecule has 1 aromatic heterocycles. The summed E-state index contributed by atoms with van der Waals surface area (Å²) in [4.78, 5) is 24.8. The summed E-state index contributed by atoms with van der Waals surface area (Å²) in [6.07, 6.45) is 0. The average Bonchev–Trinajstić information content (AvgIpc) is 2.67. The Morgan fingerprint density at radius 1 is 1.24 bits per heavy atom. The lowest BCUT2D eigenvalue weighted by molar-refractivity contribution is -0.158. The van der Waals surface area contributed by atoms with E-state index in [1.54, 1.807) is 11.5 Å². The van der Waals surface area contributed by atoms with Crippen molar-refractivity contribution in [3.63, 3.8) is 0 Å². The van der Waals surface area contributed by atoms with E-state index in [4.69, 9.17) is 4.74 Å². The molecule has 0 spiro atoms. The minimum absolute atomic E-state index is 0.183. The molecule has 2 aromatic rings. The van der Waals surface area contributed by atoms with Gasteiger partial charge in [0, 0.05) is 6.54 Å². The minimum atomic E-state index is -0.658. The predicted octanol–water partition coefficient (Wildman–Crippen LogP) is 2.73.